The number of halogens is 3. The maximum Gasteiger partial charge on any atom is 0.417 e. The molecule has 0 spiro atoms. The summed E-state index contributed by atoms with van der Waals surface area (Å²) in [6.07, 6.45) is -4.62. The number of fused-ring (bicyclic) bond motifs is 1. The van der Waals surface area contributed by atoms with Crippen molar-refractivity contribution in [3.8, 4) is 34.0 Å². The van der Waals surface area contributed by atoms with Crippen molar-refractivity contribution < 1.29 is 17.9 Å². The molecule has 0 amide bonds. The van der Waals surface area contributed by atoms with Gasteiger partial charge in [-0.25, -0.2) is 9.67 Å². The van der Waals surface area contributed by atoms with Gasteiger partial charge in [0.2, 0.25) is 0 Å². The number of pyridine rings is 1. The van der Waals surface area contributed by atoms with Crippen LogP contribution in [-0.4, -0.2) is 14.8 Å². The van der Waals surface area contributed by atoms with Gasteiger partial charge in [0.05, 0.1) is 22.3 Å². The lowest BCUT2D eigenvalue weighted by Gasteiger charge is -2.13. The highest BCUT2D eigenvalue weighted by Gasteiger charge is 2.36. The van der Waals surface area contributed by atoms with E-state index in [2.05, 4.69) is 5.10 Å². The van der Waals surface area contributed by atoms with Gasteiger partial charge in [-0.2, -0.15) is 18.3 Å². The zero-order valence-electron chi connectivity index (χ0n) is 20.6. The molecule has 0 saturated heterocycles. The van der Waals surface area contributed by atoms with E-state index in [1.54, 1.807) is 60.7 Å². The number of alkyl halides is 3. The average molecular weight is 522 g/mol. The standard InChI is InChI=1S/C32H22F3N3O/c33-32(34,35)27-20-28(23-16-18-26(19-17-23)39-21-22-10-4-1-5-11-22)36-31-29(27)30(24-12-6-2-7-13-24)37-38(31)25-14-8-3-9-15-25/h1-20H,21H2. The minimum absolute atomic E-state index is 0.0379. The highest BCUT2D eigenvalue weighted by molar-refractivity contribution is 5.96. The first-order chi connectivity index (χ1) is 19.0. The number of rotatable bonds is 6. The van der Waals surface area contributed by atoms with E-state index in [4.69, 9.17) is 9.72 Å². The van der Waals surface area contributed by atoms with Crippen LogP contribution in [0.2, 0.25) is 0 Å². The Morgan fingerprint density at radius 2 is 1.31 bits per heavy atom. The molecule has 0 fully saturated rings. The summed E-state index contributed by atoms with van der Waals surface area (Å²) in [4.78, 5) is 4.73. The van der Waals surface area contributed by atoms with Gasteiger partial charge < -0.3 is 4.74 Å². The molecule has 2 heterocycles. The van der Waals surface area contributed by atoms with Crippen LogP contribution in [0, 0.1) is 0 Å². The molecule has 4 nitrogen and oxygen atoms in total. The predicted molar refractivity (Wildman–Crippen MR) is 146 cm³/mol. The number of nitrogens with zero attached hydrogens (tertiary/aromatic N) is 3. The Hall–Kier alpha value is -4.91. The molecule has 2 aromatic heterocycles. The van der Waals surface area contributed by atoms with E-state index in [0.29, 0.717) is 29.2 Å². The molecule has 6 aromatic rings. The van der Waals surface area contributed by atoms with Crippen LogP contribution < -0.4 is 4.74 Å². The molecule has 6 rings (SSSR count). The van der Waals surface area contributed by atoms with Gasteiger partial charge in [-0.1, -0.05) is 78.9 Å². The van der Waals surface area contributed by atoms with E-state index in [9.17, 15) is 13.2 Å². The molecular weight excluding hydrogens is 499 g/mol. The van der Waals surface area contributed by atoms with E-state index in [0.717, 1.165) is 11.6 Å². The van der Waals surface area contributed by atoms with Crippen LogP contribution in [0.3, 0.4) is 0 Å². The van der Waals surface area contributed by atoms with E-state index in [1.165, 1.54) is 4.68 Å². The topological polar surface area (TPSA) is 39.9 Å². The minimum Gasteiger partial charge on any atom is -0.489 e. The van der Waals surface area contributed by atoms with E-state index in [1.807, 2.05) is 54.6 Å². The van der Waals surface area contributed by atoms with Crippen LogP contribution in [0.1, 0.15) is 11.1 Å². The fourth-order valence-electron chi connectivity index (χ4n) is 4.50. The van der Waals surface area contributed by atoms with Crippen molar-refractivity contribution in [2.24, 2.45) is 0 Å². The summed E-state index contributed by atoms with van der Waals surface area (Å²) in [6.45, 7) is 0.390. The van der Waals surface area contributed by atoms with Gasteiger partial charge in [-0.15, -0.1) is 0 Å². The summed E-state index contributed by atoms with van der Waals surface area (Å²) >= 11 is 0. The van der Waals surface area contributed by atoms with Crippen molar-refractivity contribution in [3.05, 3.63) is 132 Å². The van der Waals surface area contributed by atoms with Gasteiger partial charge in [-0.05, 0) is 48.0 Å². The van der Waals surface area contributed by atoms with Gasteiger partial charge in [-0.3, -0.25) is 0 Å². The molecule has 0 atom stereocenters. The lowest BCUT2D eigenvalue weighted by molar-refractivity contribution is -0.136. The Balaban J connectivity index is 1.48. The van der Waals surface area contributed by atoms with Crippen molar-refractivity contribution >= 4 is 11.0 Å². The first-order valence-corrected chi connectivity index (χ1v) is 12.4. The van der Waals surface area contributed by atoms with E-state index >= 15 is 0 Å². The van der Waals surface area contributed by atoms with Crippen LogP contribution >= 0.6 is 0 Å². The van der Waals surface area contributed by atoms with Crippen molar-refractivity contribution in [1.82, 2.24) is 14.8 Å². The Bertz CT molecular complexity index is 1710. The molecule has 192 valence electrons. The second-order valence-electron chi connectivity index (χ2n) is 9.01. The Morgan fingerprint density at radius 3 is 1.95 bits per heavy atom. The minimum atomic E-state index is -4.62. The molecule has 0 N–H and O–H groups in total. The Labute approximate surface area is 223 Å². The third kappa shape index (κ3) is 4.99. The zero-order chi connectivity index (χ0) is 26.8. The maximum atomic E-state index is 14.6. The van der Waals surface area contributed by atoms with Crippen molar-refractivity contribution in [1.29, 1.82) is 0 Å². The molecule has 0 aliphatic rings. The zero-order valence-corrected chi connectivity index (χ0v) is 20.6. The molecular formula is C32H22F3N3O. The summed E-state index contributed by atoms with van der Waals surface area (Å²) in [7, 11) is 0. The number of hydrogen-bond acceptors (Lipinski definition) is 3. The second kappa shape index (κ2) is 10.1. The van der Waals surface area contributed by atoms with Crippen LogP contribution in [-0.2, 0) is 12.8 Å². The predicted octanol–water partition coefficient (Wildman–Crippen LogP) is 8.35. The first-order valence-electron chi connectivity index (χ1n) is 12.4. The van der Waals surface area contributed by atoms with Crippen LogP contribution in [0.5, 0.6) is 5.75 Å². The van der Waals surface area contributed by atoms with Crippen molar-refractivity contribution in [2.45, 2.75) is 12.8 Å². The highest BCUT2D eigenvalue weighted by atomic mass is 19.4. The quantitative estimate of drug-likeness (QED) is 0.221. The molecule has 0 bridgehead atoms. The van der Waals surface area contributed by atoms with E-state index in [-0.39, 0.29) is 22.4 Å². The highest BCUT2D eigenvalue weighted by Crippen LogP contribution is 2.41. The second-order valence-corrected chi connectivity index (χ2v) is 9.01. The molecule has 0 radical (unpaired) electrons. The largest absolute Gasteiger partial charge is 0.489 e. The summed E-state index contributed by atoms with van der Waals surface area (Å²) in [6, 6.07) is 35.7. The number of para-hydroxylation sites is 1. The maximum absolute atomic E-state index is 14.6. The molecule has 0 aliphatic carbocycles. The third-order valence-corrected chi connectivity index (χ3v) is 6.39. The summed E-state index contributed by atoms with van der Waals surface area (Å²) in [5, 5.41) is 4.60. The van der Waals surface area contributed by atoms with Crippen molar-refractivity contribution in [2.75, 3.05) is 0 Å². The molecule has 4 aromatic carbocycles. The number of hydrogen-bond donors (Lipinski definition) is 0. The number of ether oxygens (including phenoxy) is 1. The van der Waals surface area contributed by atoms with Gasteiger partial charge in [0.1, 0.15) is 18.1 Å². The first kappa shape index (κ1) is 24.4. The number of benzene rings is 4. The van der Waals surface area contributed by atoms with Gasteiger partial charge >= 0.3 is 6.18 Å². The van der Waals surface area contributed by atoms with Gasteiger partial charge in [0.15, 0.2) is 5.65 Å². The van der Waals surface area contributed by atoms with Crippen molar-refractivity contribution in [3.63, 3.8) is 0 Å². The molecule has 0 aliphatic heterocycles. The fraction of sp³-hybridized carbons (Fsp3) is 0.0625. The summed E-state index contributed by atoms with van der Waals surface area (Å²) < 4.78 is 51.0. The lowest BCUT2D eigenvalue weighted by Crippen LogP contribution is -2.08. The van der Waals surface area contributed by atoms with Crippen LogP contribution in [0.25, 0.3) is 39.2 Å². The molecule has 7 heteroatoms. The van der Waals surface area contributed by atoms with Crippen LogP contribution in [0.15, 0.2) is 121 Å². The normalized spacial score (nSPS) is 11.6. The number of aromatic nitrogens is 3. The fourth-order valence-corrected chi connectivity index (χ4v) is 4.50. The average Bonchev–Trinajstić information content (AvgIpc) is 3.36. The van der Waals surface area contributed by atoms with E-state index < -0.39 is 11.7 Å². The van der Waals surface area contributed by atoms with Gasteiger partial charge in [0.25, 0.3) is 0 Å². The molecule has 39 heavy (non-hydrogen) atoms. The van der Waals surface area contributed by atoms with Crippen LogP contribution in [0.4, 0.5) is 13.2 Å². The SMILES string of the molecule is FC(F)(F)c1cc(-c2ccc(OCc3ccccc3)cc2)nc2c1c(-c1ccccc1)nn2-c1ccccc1. The Morgan fingerprint density at radius 1 is 0.692 bits per heavy atom. The molecule has 0 unspecified atom stereocenters. The summed E-state index contributed by atoms with van der Waals surface area (Å²) in [5.41, 5.74) is 2.53. The monoisotopic (exact) mass is 521 g/mol. The molecule has 0 saturated carbocycles. The van der Waals surface area contributed by atoms with Gasteiger partial charge in [0, 0.05) is 11.1 Å². The smallest absolute Gasteiger partial charge is 0.417 e. The third-order valence-electron chi connectivity index (χ3n) is 6.39. The summed E-state index contributed by atoms with van der Waals surface area (Å²) in [5.74, 6) is 0.611. The Kier molecular flexibility index (Phi) is 6.32. The lowest BCUT2D eigenvalue weighted by atomic mass is 10.0.